The number of rotatable bonds is 13. The highest BCUT2D eigenvalue weighted by molar-refractivity contribution is 7.93. The number of carbonyl (C=O) groups is 1. The molecule has 5 nitrogen and oxygen atoms in total. The van der Waals surface area contributed by atoms with E-state index in [2.05, 4.69) is 42.3 Å². The molecule has 37 heavy (non-hydrogen) atoms. The normalized spacial score (nSPS) is 17.3. The molecule has 0 radical (unpaired) electrons. The molecule has 6 heteroatoms. The summed E-state index contributed by atoms with van der Waals surface area (Å²) in [5.41, 5.74) is 2.86. The Kier molecular flexibility index (Phi) is 18.3. The van der Waals surface area contributed by atoms with Crippen molar-refractivity contribution in [1.29, 1.82) is 0 Å². The van der Waals surface area contributed by atoms with Gasteiger partial charge in [-0.3, -0.25) is 4.72 Å². The number of allylic oxidation sites excluding steroid dienone is 5. The summed E-state index contributed by atoms with van der Waals surface area (Å²) in [5.74, 6) is 0.421. The Bertz CT molecular complexity index is 959. The third kappa shape index (κ3) is 13.6. The lowest BCUT2D eigenvalue weighted by Gasteiger charge is -2.21. The third-order valence-electron chi connectivity index (χ3n) is 6.36. The van der Waals surface area contributed by atoms with E-state index in [1.165, 1.54) is 5.56 Å². The van der Waals surface area contributed by atoms with Crippen LogP contribution < -0.4 is 10.0 Å². The van der Waals surface area contributed by atoms with Gasteiger partial charge in [0.2, 0.25) is 0 Å². The number of carbonyl (C=O) groups excluding carboxylic acids is 1. The van der Waals surface area contributed by atoms with Crippen molar-refractivity contribution in [2.45, 2.75) is 73.6 Å². The minimum Gasteiger partial charge on any atom is -0.316 e. The smallest absolute Gasteiger partial charge is 0.261 e. The average molecular weight is 531 g/mol. The Balaban J connectivity index is 0.00000121. The summed E-state index contributed by atoms with van der Waals surface area (Å²) in [5, 5.41) is 3.09. The summed E-state index contributed by atoms with van der Waals surface area (Å²) >= 11 is 0. The second kappa shape index (κ2) is 19.6. The molecule has 1 fully saturated rings. The first-order chi connectivity index (χ1) is 17.7. The van der Waals surface area contributed by atoms with Crippen LogP contribution in [0.2, 0.25) is 0 Å². The Hall–Kier alpha value is -2.44. The van der Waals surface area contributed by atoms with E-state index in [1.807, 2.05) is 65.0 Å². The molecule has 1 aliphatic heterocycles. The van der Waals surface area contributed by atoms with Crippen molar-refractivity contribution in [1.82, 2.24) is 10.0 Å². The number of hydrogen-bond acceptors (Lipinski definition) is 4. The number of aryl methyl sites for hydroxylation is 1. The van der Waals surface area contributed by atoms with E-state index in [9.17, 15) is 13.2 Å². The molecule has 1 aliphatic rings. The number of nitrogens with one attached hydrogen (secondary N) is 2. The van der Waals surface area contributed by atoms with Crippen LogP contribution in [0.15, 0.2) is 77.9 Å². The summed E-state index contributed by atoms with van der Waals surface area (Å²) in [4.78, 5) is 10.3. The highest BCUT2D eigenvalue weighted by Gasteiger charge is 2.21. The van der Waals surface area contributed by atoms with E-state index in [0.29, 0.717) is 22.9 Å². The molecule has 2 N–H and O–H groups in total. The molecule has 0 amide bonds. The highest BCUT2D eigenvalue weighted by atomic mass is 32.2. The lowest BCUT2D eigenvalue weighted by atomic mass is 9.94. The number of aldehydes is 1. The van der Waals surface area contributed by atoms with E-state index < -0.39 is 10.0 Å². The number of hydrogen-bond donors (Lipinski definition) is 2. The van der Waals surface area contributed by atoms with Crippen molar-refractivity contribution < 1.29 is 13.2 Å². The molecule has 0 saturated carbocycles. The van der Waals surface area contributed by atoms with Crippen molar-refractivity contribution in [3.63, 3.8) is 0 Å². The molecule has 1 aromatic carbocycles. The van der Waals surface area contributed by atoms with Crippen LogP contribution in [0.3, 0.4) is 0 Å². The van der Waals surface area contributed by atoms with Crippen LogP contribution in [0.5, 0.6) is 0 Å². The maximum Gasteiger partial charge on any atom is 0.261 e. The van der Waals surface area contributed by atoms with Gasteiger partial charge < -0.3 is 10.1 Å². The topological polar surface area (TPSA) is 75.3 Å². The van der Waals surface area contributed by atoms with Crippen LogP contribution >= 0.6 is 0 Å². The summed E-state index contributed by atoms with van der Waals surface area (Å²) < 4.78 is 28.6. The summed E-state index contributed by atoms with van der Waals surface area (Å²) in [6.45, 7) is 21.6. The van der Waals surface area contributed by atoms with Crippen molar-refractivity contribution in [2.24, 2.45) is 17.8 Å². The van der Waals surface area contributed by atoms with Gasteiger partial charge >= 0.3 is 0 Å². The minimum atomic E-state index is -3.66. The number of benzene rings is 1. The van der Waals surface area contributed by atoms with E-state index >= 15 is 0 Å². The molecule has 0 bridgehead atoms. The lowest BCUT2D eigenvalue weighted by molar-refractivity contribution is -0.110. The molecular weight excluding hydrogens is 480 g/mol. The van der Waals surface area contributed by atoms with Crippen LogP contribution in [0.25, 0.3) is 0 Å². The van der Waals surface area contributed by atoms with Crippen molar-refractivity contribution in [2.75, 3.05) is 13.1 Å². The number of sulfonamides is 1. The average Bonchev–Trinajstić information content (AvgIpc) is 3.45. The summed E-state index contributed by atoms with van der Waals surface area (Å²) in [7, 11) is -3.66. The van der Waals surface area contributed by atoms with E-state index in [1.54, 1.807) is 6.08 Å². The maximum absolute atomic E-state index is 13.0. The van der Waals surface area contributed by atoms with Gasteiger partial charge in [-0.15, -0.1) is 6.58 Å². The predicted octanol–water partition coefficient (Wildman–Crippen LogP) is 6.96. The molecule has 1 unspecified atom stereocenters. The zero-order chi connectivity index (χ0) is 28.3. The lowest BCUT2D eigenvalue weighted by Crippen LogP contribution is -2.28. The molecule has 2 rings (SSSR count). The van der Waals surface area contributed by atoms with Crippen LogP contribution in [-0.4, -0.2) is 27.8 Å². The van der Waals surface area contributed by atoms with Gasteiger partial charge in [0.1, 0.15) is 6.29 Å². The molecule has 0 aliphatic carbocycles. The van der Waals surface area contributed by atoms with Gasteiger partial charge in [-0.1, -0.05) is 96.2 Å². The zero-order valence-electron chi connectivity index (χ0n) is 23.9. The molecule has 1 aromatic rings. The third-order valence-corrected chi connectivity index (χ3v) is 7.80. The molecule has 0 aromatic heterocycles. The van der Waals surface area contributed by atoms with Gasteiger partial charge in [0.25, 0.3) is 10.0 Å². The summed E-state index contributed by atoms with van der Waals surface area (Å²) in [6, 6.07) is 10.2. The largest absolute Gasteiger partial charge is 0.316 e. The molecule has 1 saturated heterocycles. The quantitative estimate of drug-likeness (QED) is 0.164. The van der Waals surface area contributed by atoms with E-state index in [-0.39, 0.29) is 11.8 Å². The first-order valence-corrected chi connectivity index (χ1v) is 15.1. The van der Waals surface area contributed by atoms with Gasteiger partial charge in [0.15, 0.2) is 0 Å². The molecular formula is C31H50N2O3S. The predicted molar refractivity (Wildman–Crippen MR) is 160 cm³/mol. The monoisotopic (exact) mass is 530 g/mol. The van der Waals surface area contributed by atoms with Gasteiger partial charge in [-0.2, -0.15) is 0 Å². The van der Waals surface area contributed by atoms with Crippen LogP contribution in [0.1, 0.15) is 72.8 Å². The summed E-state index contributed by atoms with van der Waals surface area (Å²) in [6.07, 6.45) is 10.6. The Morgan fingerprint density at radius 1 is 1.19 bits per heavy atom. The van der Waals surface area contributed by atoms with Crippen LogP contribution in [-0.2, 0) is 21.2 Å². The second-order valence-corrected chi connectivity index (χ2v) is 10.7. The van der Waals surface area contributed by atoms with E-state index in [4.69, 9.17) is 0 Å². The second-order valence-electron chi connectivity index (χ2n) is 9.06. The first-order valence-electron chi connectivity index (χ1n) is 13.6. The van der Waals surface area contributed by atoms with Crippen molar-refractivity contribution >= 4 is 16.3 Å². The van der Waals surface area contributed by atoms with Gasteiger partial charge in [-0.05, 0) is 56.2 Å². The fourth-order valence-electron chi connectivity index (χ4n) is 3.59. The molecule has 3 atom stereocenters. The molecule has 1 heterocycles. The standard InChI is InChI=1S/C24H35NO2S.C5H9NO.C2H6/c1-7-13-24(28(26,27)25-21(6)20(5)19(4)8-2)18-22(9-3)16-17-23-14-11-10-12-15-23;7-4-5-1-2-6-3-5;1-2/h8,10-15,18-20,25H,2,6-7,9,16-17H2,1,3-5H3;4-6H,1-3H2;1-2H3/b22-18+,24-13+;;/t19?,20-;5-;/m00./s1. The Morgan fingerprint density at radius 2 is 1.84 bits per heavy atom. The van der Waals surface area contributed by atoms with E-state index in [0.717, 1.165) is 50.6 Å². The van der Waals surface area contributed by atoms with Gasteiger partial charge in [-0.25, -0.2) is 8.42 Å². The van der Waals surface area contributed by atoms with Crippen molar-refractivity contribution in [3.8, 4) is 0 Å². The van der Waals surface area contributed by atoms with Gasteiger partial charge in [0.05, 0.1) is 4.91 Å². The highest BCUT2D eigenvalue weighted by Crippen LogP contribution is 2.22. The van der Waals surface area contributed by atoms with Gasteiger partial charge in [0, 0.05) is 24.1 Å². The fraction of sp³-hybridized carbons (Fsp3) is 0.516. The Morgan fingerprint density at radius 3 is 2.30 bits per heavy atom. The minimum absolute atomic E-state index is 0.0251. The SMILES string of the molecule is C=CC(C)[C@H](C)C(=C)NS(=O)(=O)C(/C=C(\CC)CCc1ccccc1)=C/CC.CC.O=C[C@H]1CCNC1. The van der Waals surface area contributed by atoms with Crippen molar-refractivity contribution in [3.05, 3.63) is 83.5 Å². The molecule has 208 valence electrons. The zero-order valence-corrected chi connectivity index (χ0v) is 24.7. The van der Waals surface area contributed by atoms with Crippen LogP contribution in [0, 0.1) is 17.8 Å². The fourth-order valence-corrected chi connectivity index (χ4v) is 4.95. The first kappa shape index (κ1) is 34.6. The maximum atomic E-state index is 13.0. The van der Waals surface area contributed by atoms with Crippen LogP contribution in [0.4, 0.5) is 0 Å². The molecule has 0 spiro atoms. The Labute approximate surface area is 227 Å².